The number of nitrogens with one attached hydrogen (secondary N) is 1. The van der Waals surface area contributed by atoms with Gasteiger partial charge in [0.2, 0.25) is 0 Å². The maximum Gasteiger partial charge on any atom is 0.0233 e. The fraction of sp³-hybridized carbons (Fsp3) is 0.667. The van der Waals surface area contributed by atoms with Gasteiger partial charge in [-0.25, -0.2) is 0 Å². The van der Waals surface area contributed by atoms with Crippen LogP contribution in [0, 0.1) is 5.41 Å². The Morgan fingerprint density at radius 3 is 2.50 bits per heavy atom. The van der Waals surface area contributed by atoms with E-state index < -0.39 is 0 Å². The molecule has 0 heterocycles. The molecule has 0 unspecified atom stereocenters. The van der Waals surface area contributed by atoms with Crippen molar-refractivity contribution >= 4 is 0 Å². The van der Waals surface area contributed by atoms with E-state index in [4.69, 9.17) is 0 Å². The van der Waals surface area contributed by atoms with Crippen LogP contribution in [0.2, 0.25) is 0 Å². The minimum atomic E-state index is 0.560. The van der Waals surface area contributed by atoms with Crippen molar-refractivity contribution in [1.82, 2.24) is 10.2 Å². The van der Waals surface area contributed by atoms with Gasteiger partial charge in [0.25, 0.3) is 0 Å². The molecule has 1 N–H and O–H groups in total. The largest absolute Gasteiger partial charge is 0.316 e. The molecule has 2 heteroatoms. The van der Waals surface area contributed by atoms with E-state index in [9.17, 15) is 0 Å². The first kappa shape index (κ1) is 15.5. The van der Waals surface area contributed by atoms with Crippen molar-refractivity contribution in [2.24, 2.45) is 5.41 Å². The first-order valence-corrected chi connectivity index (χ1v) is 7.93. The lowest BCUT2D eigenvalue weighted by atomic mass is 9.75. The predicted molar refractivity (Wildman–Crippen MR) is 86.7 cm³/mol. The van der Waals surface area contributed by atoms with Gasteiger partial charge in [0.1, 0.15) is 0 Å². The highest BCUT2D eigenvalue weighted by Gasteiger charge is 2.28. The second kappa shape index (κ2) is 6.73. The summed E-state index contributed by atoms with van der Waals surface area (Å²) in [6.07, 6.45) is 5.42. The molecular formula is C18H30N2. The van der Waals surface area contributed by atoms with E-state index in [2.05, 4.69) is 55.4 Å². The number of nitrogens with zero attached hydrogens (tertiary/aromatic N) is 1. The maximum absolute atomic E-state index is 3.22. The first-order chi connectivity index (χ1) is 9.50. The first-order valence-electron chi connectivity index (χ1n) is 7.93. The molecule has 112 valence electrons. The van der Waals surface area contributed by atoms with Gasteiger partial charge in [0.05, 0.1) is 0 Å². The lowest BCUT2D eigenvalue weighted by molar-refractivity contribution is 0.123. The Kier molecular flexibility index (Phi) is 5.22. The Bertz CT molecular complexity index is 415. The molecular weight excluding hydrogens is 244 g/mol. The summed E-state index contributed by atoms with van der Waals surface area (Å²) >= 11 is 0. The van der Waals surface area contributed by atoms with Crippen LogP contribution in [0.25, 0.3) is 0 Å². The summed E-state index contributed by atoms with van der Waals surface area (Å²) in [5.74, 6) is 0. The van der Waals surface area contributed by atoms with Crippen LogP contribution < -0.4 is 5.32 Å². The van der Waals surface area contributed by atoms with Gasteiger partial charge in [-0.1, -0.05) is 38.1 Å². The van der Waals surface area contributed by atoms with Gasteiger partial charge in [0, 0.05) is 19.1 Å². The summed E-state index contributed by atoms with van der Waals surface area (Å²) in [5, 5.41) is 3.22. The third kappa shape index (κ3) is 4.32. The van der Waals surface area contributed by atoms with E-state index in [0.29, 0.717) is 5.41 Å². The van der Waals surface area contributed by atoms with E-state index in [-0.39, 0.29) is 0 Å². The highest BCUT2D eigenvalue weighted by atomic mass is 15.1. The van der Waals surface area contributed by atoms with Crippen molar-refractivity contribution in [3.8, 4) is 0 Å². The van der Waals surface area contributed by atoms with Crippen molar-refractivity contribution in [3.63, 3.8) is 0 Å². The zero-order valence-electron chi connectivity index (χ0n) is 13.6. The molecule has 2 rings (SSSR count). The van der Waals surface area contributed by atoms with Crippen molar-refractivity contribution in [2.45, 2.75) is 58.7 Å². The Balaban J connectivity index is 1.91. The number of hydrogen-bond donors (Lipinski definition) is 1. The van der Waals surface area contributed by atoms with Gasteiger partial charge in [-0.2, -0.15) is 0 Å². The van der Waals surface area contributed by atoms with Crippen LogP contribution in [0.3, 0.4) is 0 Å². The van der Waals surface area contributed by atoms with Crippen LogP contribution in [0.4, 0.5) is 0 Å². The lowest BCUT2D eigenvalue weighted by Crippen LogP contribution is -2.36. The third-order valence-corrected chi connectivity index (χ3v) is 4.74. The van der Waals surface area contributed by atoms with Crippen LogP contribution in [0.1, 0.15) is 50.7 Å². The zero-order valence-corrected chi connectivity index (χ0v) is 13.6. The molecule has 1 aliphatic carbocycles. The van der Waals surface area contributed by atoms with Crippen molar-refractivity contribution < 1.29 is 0 Å². The van der Waals surface area contributed by atoms with Gasteiger partial charge < -0.3 is 5.32 Å². The molecule has 1 aromatic carbocycles. The van der Waals surface area contributed by atoms with E-state index in [1.807, 2.05) is 7.05 Å². The van der Waals surface area contributed by atoms with Crippen LogP contribution in [-0.2, 0) is 13.1 Å². The fourth-order valence-corrected chi connectivity index (χ4v) is 3.28. The number of benzene rings is 1. The molecule has 0 amide bonds. The van der Waals surface area contributed by atoms with Gasteiger partial charge in [0.15, 0.2) is 0 Å². The summed E-state index contributed by atoms with van der Waals surface area (Å²) in [7, 11) is 4.29. The normalized spacial score (nSPS) is 19.4. The molecule has 0 aromatic heterocycles. The van der Waals surface area contributed by atoms with E-state index in [1.54, 1.807) is 0 Å². The average Bonchev–Trinajstić information content (AvgIpc) is 2.39. The van der Waals surface area contributed by atoms with E-state index >= 15 is 0 Å². The number of rotatable bonds is 5. The molecule has 1 fully saturated rings. The summed E-state index contributed by atoms with van der Waals surface area (Å²) in [5.41, 5.74) is 3.37. The smallest absolute Gasteiger partial charge is 0.0233 e. The van der Waals surface area contributed by atoms with E-state index in [1.165, 1.54) is 36.8 Å². The zero-order chi connectivity index (χ0) is 14.6. The summed E-state index contributed by atoms with van der Waals surface area (Å²) in [6, 6.07) is 9.72. The second-order valence-electron chi connectivity index (χ2n) is 7.16. The molecule has 0 bridgehead atoms. The molecule has 0 aliphatic heterocycles. The maximum atomic E-state index is 3.22. The third-order valence-electron chi connectivity index (χ3n) is 4.74. The van der Waals surface area contributed by atoms with Crippen molar-refractivity contribution in [3.05, 3.63) is 35.4 Å². The van der Waals surface area contributed by atoms with Gasteiger partial charge in [-0.3, -0.25) is 4.90 Å². The van der Waals surface area contributed by atoms with Crippen LogP contribution in [0.5, 0.6) is 0 Å². The van der Waals surface area contributed by atoms with Crippen LogP contribution >= 0.6 is 0 Å². The standard InChI is InChI=1S/C18H30N2/c1-18(2)10-8-17(9-11-18)20(4)14-16-7-5-6-15(12-16)13-19-3/h5-7,12,17,19H,8-11,13-14H2,1-4H3. The quantitative estimate of drug-likeness (QED) is 0.878. The molecule has 0 spiro atoms. The average molecular weight is 274 g/mol. The summed E-state index contributed by atoms with van der Waals surface area (Å²) in [6.45, 7) is 6.84. The topological polar surface area (TPSA) is 15.3 Å². The highest BCUT2D eigenvalue weighted by Crippen LogP contribution is 2.36. The van der Waals surface area contributed by atoms with Crippen molar-refractivity contribution in [2.75, 3.05) is 14.1 Å². The predicted octanol–water partition coefficient (Wildman–Crippen LogP) is 3.81. The minimum Gasteiger partial charge on any atom is -0.316 e. The van der Waals surface area contributed by atoms with Gasteiger partial charge in [-0.15, -0.1) is 0 Å². The molecule has 20 heavy (non-hydrogen) atoms. The Morgan fingerprint density at radius 1 is 1.20 bits per heavy atom. The Morgan fingerprint density at radius 2 is 1.85 bits per heavy atom. The van der Waals surface area contributed by atoms with Crippen LogP contribution in [0.15, 0.2) is 24.3 Å². The molecule has 0 atom stereocenters. The second-order valence-corrected chi connectivity index (χ2v) is 7.16. The van der Waals surface area contributed by atoms with Gasteiger partial charge >= 0.3 is 0 Å². The lowest BCUT2D eigenvalue weighted by Gasteiger charge is -2.38. The monoisotopic (exact) mass is 274 g/mol. The Labute approximate surface area is 124 Å². The SMILES string of the molecule is CNCc1cccc(CN(C)C2CCC(C)(C)CC2)c1. The molecule has 1 saturated carbocycles. The van der Waals surface area contributed by atoms with E-state index in [0.717, 1.165) is 19.1 Å². The molecule has 2 nitrogen and oxygen atoms in total. The summed E-state index contributed by atoms with van der Waals surface area (Å²) in [4.78, 5) is 2.55. The van der Waals surface area contributed by atoms with Crippen LogP contribution in [-0.4, -0.2) is 25.0 Å². The highest BCUT2D eigenvalue weighted by molar-refractivity contribution is 5.23. The number of hydrogen-bond acceptors (Lipinski definition) is 2. The fourth-order valence-electron chi connectivity index (χ4n) is 3.28. The molecule has 1 aliphatic rings. The molecule has 0 radical (unpaired) electrons. The molecule has 1 aromatic rings. The Hall–Kier alpha value is -0.860. The molecule has 0 saturated heterocycles. The minimum absolute atomic E-state index is 0.560. The summed E-state index contributed by atoms with van der Waals surface area (Å²) < 4.78 is 0. The van der Waals surface area contributed by atoms with Crippen molar-refractivity contribution in [1.29, 1.82) is 0 Å². The van der Waals surface area contributed by atoms with Gasteiger partial charge in [-0.05, 0) is 56.3 Å².